The Morgan fingerprint density at radius 2 is 1.53 bits per heavy atom. The summed E-state index contributed by atoms with van der Waals surface area (Å²) in [5.74, 6) is -0.693. The summed E-state index contributed by atoms with van der Waals surface area (Å²) in [4.78, 5) is 27.8. The average molecular weight is 429 g/mol. The number of aryl methyl sites for hydroxylation is 1. The molecule has 0 spiro atoms. The zero-order valence-corrected chi connectivity index (χ0v) is 18.0. The number of carbonyl (C=O) groups excluding carboxylic acids is 2. The van der Waals surface area contributed by atoms with Crippen LogP contribution in [0, 0.1) is 6.92 Å². The minimum atomic E-state index is -0.835. The Morgan fingerprint density at radius 1 is 0.875 bits per heavy atom. The molecule has 0 aliphatic carbocycles. The zero-order chi connectivity index (χ0) is 22.8. The minimum Gasteiger partial charge on any atom is -0.507 e. The monoisotopic (exact) mass is 429 g/mol. The highest BCUT2D eigenvalue weighted by atomic mass is 16.5. The lowest BCUT2D eigenvalue weighted by molar-refractivity contribution is -0.132. The van der Waals surface area contributed by atoms with Gasteiger partial charge in [-0.15, -0.1) is 0 Å². The van der Waals surface area contributed by atoms with Gasteiger partial charge in [-0.25, -0.2) is 0 Å². The van der Waals surface area contributed by atoms with Crippen molar-refractivity contribution < 1.29 is 24.2 Å². The van der Waals surface area contributed by atoms with Crippen LogP contribution >= 0.6 is 0 Å². The first kappa shape index (κ1) is 21.2. The molecule has 6 heteroatoms. The van der Waals surface area contributed by atoms with Crippen molar-refractivity contribution in [3.8, 4) is 11.5 Å². The maximum atomic E-state index is 13.2. The third kappa shape index (κ3) is 3.60. The highest BCUT2D eigenvalue weighted by Crippen LogP contribution is 2.44. The summed E-state index contributed by atoms with van der Waals surface area (Å²) in [7, 11) is 3.05. The van der Waals surface area contributed by atoms with E-state index in [0.717, 1.165) is 5.56 Å². The molecule has 1 amide bonds. The maximum absolute atomic E-state index is 13.2. The fourth-order valence-electron chi connectivity index (χ4n) is 3.89. The standard InChI is InChI=1S/C26H23NO5/c1-16-9-12-19(13-10-16)27-23(18-11-14-20(31-2)21(15-18)32-3)22(25(29)26(27)30)24(28)17-7-5-4-6-8-17/h4-15,23,28H,1-3H3. The Balaban J connectivity index is 1.96. The first-order valence-electron chi connectivity index (χ1n) is 10.1. The summed E-state index contributed by atoms with van der Waals surface area (Å²) in [6.45, 7) is 1.94. The van der Waals surface area contributed by atoms with Gasteiger partial charge in [0.1, 0.15) is 5.76 Å². The Bertz CT molecular complexity index is 1200. The number of methoxy groups -OCH3 is 2. The number of ether oxygens (including phenoxy) is 2. The molecule has 0 aromatic heterocycles. The summed E-state index contributed by atoms with van der Waals surface area (Å²) in [5.41, 5.74) is 2.68. The minimum absolute atomic E-state index is 0.0222. The molecule has 1 aliphatic heterocycles. The molecular weight excluding hydrogens is 406 g/mol. The van der Waals surface area contributed by atoms with Crippen molar-refractivity contribution in [1.29, 1.82) is 0 Å². The molecule has 32 heavy (non-hydrogen) atoms. The Morgan fingerprint density at radius 3 is 2.16 bits per heavy atom. The van der Waals surface area contributed by atoms with Gasteiger partial charge >= 0.3 is 0 Å². The van der Waals surface area contributed by atoms with Crippen LogP contribution in [0.3, 0.4) is 0 Å². The smallest absolute Gasteiger partial charge is 0.300 e. The molecule has 0 bridgehead atoms. The predicted molar refractivity (Wildman–Crippen MR) is 122 cm³/mol. The van der Waals surface area contributed by atoms with Crippen molar-refractivity contribution in [2.45, 2.75) is 13.0 Å². The molecular formula is C26H23NO5. The molecule has 1 heterocycles. The molecule has 0 saturated carbocycles. The highest BCUT2D eigenvalue weighted by Gasteiger charge is 2.47. The van der Waals surface area contributed by atoms with Crippen LogP contribution in [0.4, 0.5) is 5.69 Å². The lowest BCUT2D eigenvalue weighted by atomic mass is 9.94. The van der Waals surface area contributed by atoms with Crippen LogP contribution in [0.1, 0.15) is 22.7 Å². The normalized spacial score (nSPS) is 17.5. The fourth-order valence-corrected chi connectivity index (χ4v) is 3.89. The maximum Gasteiger partial charge on any atom is 0.300 e. The van der Waals surface area contributed by atoms with E-state index in [0.29, 0.717) is 28.3 Å². The van der Waals surface area contributed by atoms with Gasteiger partial charge < -0.3 is 14.6 Å². The summed E-state index contributed by atoms with van der Waals surface area (Å²) in [5, 5.41) is 11.1. The van der Waals surface area contributed by atoms with E-state index in [1.807, 2.05) is 25.1 Å². The average Bonchev–Trinajstić information content (AvgIpc) is 3.09. The molecule has 1 atom stereocenters. The van der Waals surface area contributed by atoms with Crippen LogP contribution in [0.2, 0.25) is 0 Å². The quantitative estimate of drug-likeness (QED) is 0.363. The first-order chi connectivity index (χ1) is 15.5. The number of nitrogens with zero attached hydrogens (tertiary/aromatic N) is 1. The molecule has 1 fully saturated rings. The van der Waals surface area contributed by atoms with Crippen molar-refractivity contribution in [2.24, 2.45) is 0 Å². The Kier molecular flexibility index (Phi) is 5.69. The van der Waals surface area contributed by atoms with Crippen LogP contribution in [0.5, 0.6) is 11.5 Å². The van der Waals surface area contributed by atoms with E-state index < -0.39 is 17.7 Å². The molecule has 1 aliphatic rings. The Hall–Kier alpha value is -4.06. The number of rotatable bonds is 5. The van der Waals surface area contributed by atoms with E-state index in [4.69, 9.17) is 9.47 Å². The van der Waals surface area contributed by atoms with Crippen LogP contribution in [-0.4, -0.2) is 31.0 Å². The van der Waals surface area contributed by atoms with Crippen LogP contribution < -0.4 is 14.4 Å². The van der Waals surface area contributed by atoms with E-state index in [2.05, 4.69) is 0 Å². The zero-order valence-electron chi connectivity index (χ0n) is 18.0. The number of carbonyl (C=O) groups is 2. The second-order valence-corrected chi connectivity index (χ2v) is 7.49. The van der Waals surface area contributed by atoms with E-state index in [1.165, 1.54) is 19.1 Å². The Labute approximate surface area is 186 Å². The molecule has 3 aromatic rings. The van der Waals surface area contributed by atoms with E-state index >= 15 is 0 Å². The number of amides is 1. The number of aliphatic hydroxyl groups is 1. The van der Waals surface area contributed by atoms with Crippen molar-refractivity contribution >= 4 is 23.1 Å². The first-order valence-corrected chi connectivity index (χ1v) is 10.1. The van der Waals surface area contributed by atoms with Gasteiger partial charge in [-0.05, 0) is 36.8 Å². The van der Waals surface area contributed by atoms with E-state index in [1.54, 1.807) is 54.6 Å². The van der Waals surface area contributed by atoms with Crippen molar-refractivity contribution in [3.63, 3.8) is 0 Å². The third-order valence-electron chi connectivity index (χ3n) is 5.53. The van der Waals surface area contributed by atoms with Crippen molar-refractivity contribution in [2.75, 3.05) is 19.1 Å². The summed E-state index contributed by atoms with van der Waals surface area (Å²) in [6.07, 6.45) is 0. The second kappa shape index (κ2) is 8.59. The molecule has 6 nitrogen and oxygen atoms in total. The van der Waals surface area contributed by atoms with Gasteiger partial charge in [0.25, 0.3) is 11.7 Å². The predicted octanol–water partition coefficient (Wildman–Crippen LogP) is 4.64. The van der Waals surface area contributed by atoms with Gasteiger partial charge in [0.05, 0.1) is 25.8 Å². The van der Waals surface area contributed by atoms with Gasteiger partial charge in [-0.2, -0.15) is 0 Å². The number of anilines is 1. The van der Waals surface area contributed by atoms with Crippen molar-refractivity contribution in [1.82, 2.24) is 0 Å². The lowest BCUT2D eigenvalue weighted by Gasteiger charge is -2.26. The van der Waals surface area contributed by atoms with Gasteiger partial charge in [0.2, 0.25) is 0 Å². The van der Waals surface area contributed by atoms with Gasteiger partial charge in [-0.3, -0.25) is 14.5 Å². The van der Waals surface area contributed by atoms with Gasteiger partial charge in [0, 0.05) is 11.3 Å². The molecule has 3 aromatic carbocycles. The third-order valence-corrected chi connectivity index (χ3v) is 5.53. The van der Waals surface area contributed by atoms with Gasteiger partial charge in [-0.1, -0.05) is 54.1 Å². The number of ketones is 1. The topological polar surface area (TPSA) is 76.1 Å². The molecule has 1 saturated heterocycles. The highest BCUT2D eigenvalue weighted by molar-refractivity contribution is 6.51. The van der Waals surface area contributed by atoms with Crippen LogP contribution in [0.25, 0.3) is 5.76 Å². The summed E-state index contributed by atoms with van der Waals surface area (Å²) < 4.78 is 10.8. The van der Waals surface area contributed by atoms with Crippen LogP contribution in [-0.2, 0) is 9.59 Å². The fraction of sp³-hybridized carbons (Fsp3) is 0.154. The van der Waals surface area contributed by atoms with E-state index in [9.17, 15) is 14.7 Å². The molecule has 0 radical (unpaired) electrons. The SMILES string of the molecule is COc1ccc(C2C(=C(O)c3ccccc3)C(=O)C(=O)N2c2ccc(C)cc2)cc1OC. The summed E-state index contributed by atoms with van der Waals surface area (Å²) >= 11 is 0. The van der Waals surface area contributed by atoms with Crippen molar-refractivity contribution in [3.05, 3.63) is 95.1 Å². The largest absolute Gasteiger partial charge is 0.507 e. The lowest BCUT2D eigenvalue weighted by Crippen LogP contribution is -2.29. The van der Waals surface area contributed by atoms with Gasteiger partial charge in [0.15, 0.2) is 11.5 Å². The number of aliphatic hydroxyl groups excluding tert-OH is 1. The van der Waals surface area contributed by atoms with E-state index in [-0.39, 0.29) is 11.3 Å². The number of hydrogen-bond acceptors (Lipinski definition) is 5. The number of benzene rings is 3. The molecule has 1 N–H and O–H groups in total. The molecule has 1 unspecified atom stereocenters. The second-order valence-electron chi connectivity index (χ2n) is 7.49. The summed E-state index contributed by atoms with van der Waals surface area (Å²) in [6, 6.07) is 20.4. The number of hydrogen-bond donors (Lipinski definition) is 1. The molecule has 4 rings (SSSR count). The molecule has 162 valence electrons. The number of Topliss-reactive ketones (excluding diaryl/α,β-unsaturated/α-hetero) is 1. The van der Waals surface area contributed by atoms with Crippen LogP contribution in [0.15, 0.2) is 78.4 Å².